The fraction of sp³-hybridized carbons (Fsp3) is 0.411. The van der Waals surface area contributed by atoms with E-state index in [-0.39, 0.29) is 107 Å². The van der Waals surface area contributed by atoms with Crippen molar-refractivity contribution in [2.75, 3.05) is 55.2 Å². The minimum absolute atomic E-state index is 0.00688. The third-order valence-electron chi connectivity index (χ3n) is 24.0. The van der Waals surface area contributed by atoms with Crippen molar-refractivity contribution in [3.8, 4) is 6.07 Å². The van der Waals surface area contributed by atoms with Crippen LogP contribution in [0.15, 0.2) is 177 Å². The van der Waals surface area contributed by atoms with Gasteiger partial charge in [0.2, 0.25) is 47.3 Å². The Balaban J connectivity index is 0.000000166. The lowest BCUT2D eigenvalue weighted by Crippen LogP contribution is -2.55. The van der Waals surface area contributed by atoms with Crippen LogP contribution in [0.5, 0.6) is 0 Å². The number of rotatable bonds is 21. The van der Waals surface area contributed by atoms with Gasteiger partial charge >= 0.3 is 18.3 Å². The van der Waals surface area contributed by atoms with E-state index in [1.165, 1.54) is 29.4 Å². The highest BCUT2D eigenvalue weighted by molar-refractivity contribution is 6.11. The Hall–Kier alpha value is -12.7. The van der Waals surface area contributed by atoms with Gasteiger partial charge in [-0.05, 0) is 175 Å². The molecule has 26 nitrogen and oxygen atoms in total. The first-order valence-electron chi connectivity index (χ1n) is 41.9. The molecule has 0 unspecified atom stereocenters. The molecule has 121 heavy (non-hydrogen) atoms. The van der Waals surface area contributed by atoms with Gasteiger partial charge in [0.15, 0.2) is 0 Å². The lowest BCUT2D eigenvalue weighted by atomic mass is 9.79. The number of allylic oxidation sites excluding steroid dienone is 3. The number of benzene rings is 6. The fourth-order valence-corrected chi connectivity index (χ4v) is 17.9. The average Bonchev–Trinajstić information content (AvgIpc) is 1.58. The van der Waals surface area contributed by atoms with Gasteiger partial charge < -0.3 is 56.3 Å². The number of likely N-dealkylation sites (tertiary alicyclic amines) is 1. The van der Waals surface area contributed by atoms with E-state index in [1.54, 1.807) is 18.2 Å². The molecule has 11 amide bonds. The lowest BCUT2D eigenvalue weighted by Gasteiger charge is -2.35. The number of anilines is 3. The first-order valence-corrected chi connectivity index (χ1v) is 41.9. The quantitative estimate of drug-likeness (QED) is 0.0254. The van der Waals surface area contributed by atoms with E-state index in [9.17, 15) is 58.0 Å². The molecule has 8 aliphatic rings. The monoisotopic (exact) mass is 1640 g/mol. The third-order valence-corrected chi connectivity index (χ3v) is 24.0. The van der Waals surface area contributed by atoms with Crippen molar-refractivity contribution in [2.24, 2.45) is 29.2 Å². The van der Waals surface area contributed by atoms with Gasteiger partial charge in [-0.15, -0.1) is 6.58 Å². The molecule has 3 saturated heterocycles. The predicted octanol–water partition coefficient (Wildman–Crippen LogP) is 13.3. The van der Waals surface area contributed by atoms with Crippen LogP contribution in [-0.2, 0) is 88.6 Å². The first kappa shape index (κ1) is 87.6. The van der Waals surface area contributed by atoms with E-state index in [2.05, 4.69) is 41.3 Å². The molecular formula is C95H110N12O14. The van der Waals surface area contributed by atoms with E-state index in [0.29, 0.717) is 87.8 Å². The molecule has 0 aliphatic carbocycles. The zero-order valence-corrected chi connectivity index (χ0v) is 69.8. The summed E-state index contributed by atoms with van der Waals surface area (Å²) in [5.41, 5.74) is 18.0. The number of nitriles is 1. The molecule has 6 aromatic carbocycles. The second-order valence-electron chi connectivity index (χ2n) is 33.9. The molecule has 7 N–H and O–H groups in total. The molecule has 0 aromatic heterocycles. The Kier molecular flexibility index (Phi) is 28.0. The molecule has 8 heterocycles. The molecule has 9 atom stereocenters. The number of ether oxygens (including phenoxy) is 3. The minimum Gasteiger partial charge on any atom is -0.445 e. The van der Waals surface area contributed by atoms with Crippen LogP contribution in [0.2, 0.25) is 0 Å². The molecule has 8 bridgehead atoms. The van der Waals surface area contributed by atoms with Crippen molar-refractivity contribution < 1.29 is 67.0 Å². The minimum atomic E-state index is -1.15. The summed E-state index contributed by atoms with van der Waals surface area (Å²) in [6.45, 7) is 20.7. The topological polar surface area (TPSA) is 347 Å². The summed E-state index contributed by atoms with van der Waals surface area (Å²) in [7, 11) is 0. The van der Waals surface area contributed by atoms with Gasteiger partial charge in [0.25, 0.3) is 0 Å². The largest absolute Gasteiger partial charge is 0.445 e. The van der Waals surface area contributed by atoms with Gasteiger partial charge in [0.1, 0.15) is 56.1 Å². The highest BCUT2D eigenvalue weighted by atomic mass is 16.6. The fourth-order valence-electron chi connectivity index (χ4n) is 17.9. The van der Waals surface area contributed by atoms with Crippen molar-refractivity contribution in [3.05, 3.63) is 227 Å². The summed E-state index contributed by atoms with van der Waals surface area (Å²) < 4.78 is 17.1. The van der Waals surface area contributed by atoms with E-state index in [0.717, 1.165) is 50.2 Å². The number of nitrogens with one attached hydrogen (secondary N) is 3. The Bertz CT molecular complexity index is 5010. The maximum absolute atomic E-state index is 14.4. The first-order chi connectivity index (χ1) is 58.1. The van der Waals surface area contributed by atoms with Crippen molar-refractivity contribution >= 4 is 101 Å². The molecule has 14 rings (SSSR count). The molecular weight excluding hydrogens is 1530 g/mol. The Morgan fingerprint density at radius 1 is 0.545 bits per heavy atom. The van der Waals surface area contributed by atoms with Gasteiger partial charge in [-0.2, -0.15) is 5.26 Å². The summed E-state index contributed by atoms with van der Waals surface area (Å²) in [5.74, 6) is -3.02. The number of amides is 11. The van der Waals surface area contributed by atoms with Crippen LogP contribution in [0.4, 0.5) is 31.4 Å². The van der Waals surface area contributed by atoms with Crippen molar-refractivity contribution in [3.63, 3.8) is 0 Å². The van der Waals surface area contributed by atoms with Crippen LogP contribution in [-0.4, -0.2) is 170 Å². The molecule has 6 aromatic rings. The highest BCUT2D eigenvalue weighted by Gasteiger charge is 2.61. The number of hydrogen-bond donors (Lipinski definition) is 5. The number of hydrogen-bond acceptors (Lipinski definition) is 15. The van der Waals surface area contributed by atoms with E-state index >= 15 is 0 Å². The molecule has 3 fully saturated rings. The molecule has 0 radical (unpaired) electrons. The van der Waals surface area contributed by atoms with Gasteiger partial charge in [0, 0.05) is 62.8 Å². The zero-order chi connectivity index (χ0) is 86.5. The number of fused-ring (bicyclic) bond motifs is 6. The van der Waals surface area contributed by atoms with Gasteiger partial charge in [0.05, 0.1) is 22.3 Å². The Morgan fingerprint density at radius 2 is 0.983 bits per heavy atom. The average molecular weight is 1640 g/mol. The molecule has 26 heteroatoms. The predicted molar refractivity (Wildman–Crippen MR) is 460 cm³/mol. The normalized spacial score (nSPS) is 23.2. The van der Waals surface area contributed by atoms with Gasteiger partial charge in [-0.1, -0.05) is 194 Å². The van der Waals surface area contributed by atoms with E-state index in [4.69, 9.17) is 25.7 Å². The maximum Gasteiger partial charge on any atom is 0.410 e. The number of nitrogens with zero attached hydrogens (tertiary/aromatic N) is 7. The van der Waals surface area contributed by atoms with Crippen molar-refractivity contribution in [1.82, 2.24) is 29.4 Å². The SMILES string of the molecule is C=CCCCN(C(=O)OCc1ccccc1)[C@@H](CC(C)C)C(=O)N1C[C@]2(C[C@H]1C(N)=O)C(=O)Nc1ccc(C=C)cc12.CC(C)C[C@H]1C(=O)N2C[C@]3(C[C@H]2C#N)C(=O)Nc2ccc(cc23)/C=C\CCCN1C(=O)OCc1ccccc1.CC(C)C[C@H]1C(=O)N2C[C@]3(C[C@H]2C(N)=O)C(=O)Nc2ccc(cc23)/C=C\CCCN1C(=O)OCc1ccccc1. The number of primary amides is 2. The van der Waals surface area contributed by atoms with Crippen LogP contribution in [0.3, 0.4) is 0 Å². The summed E-state index contributed by atoms with van der Waals surface area (Å²) in [5, 5.41) is 18.9. The summed E-state index contributed by atoms with van der Waals surface area (Å²) in [6, 6.07) is 42.1. The van der Waals surface area contributed by atoms with E-state index in [1.807, 2.05) is 199 Å². The number of carbonyl (C=O) groups is 11. The zero-order valence-electron chi connectivity index (χ0n) is 69.8. The molecule has 8 aliphatic heterocycles. The summed E-state index contributed by atoms with van der Waals surface area (Å²) in [4.78, 5) is 158. The van der Waals surface area contributed by atoms with Crippen LogP contribution in [0.25, 0.3) is 18.2 Å². The Morgan fingerprint density at radius 3 is 1.44 bits per heavy atom. The van der Waals surface area contributed by atoms with Gasteiger partial charge in [-0.3, -0.25) is 53.1 Å². The van der Waals surface area contributed by atoms with Crippen LogP contribution >= 0.6 is 0 Å². The number of unbranched alkanes of at least 4 members (excludes halogenated alkanes) is 1. The summed E-state index contributed by atoms with van der Waals surface area (Å²) >= 11 is 0. The smallest absolute Gasteiger partial charge is 0.410 e. The maximum atomic E-state index is 14.4. The number of nitrogens with two attached hydrogens (primary N) is 2. The molecule has 634 valence electrons. The lowest BCUT2D eigenvalue weighted by molar-refractivity contribution is -0.142. The van der Waals surface area contributed by atoms with E-state index < -0.39 is 94.4 Å². The van der Waals surface area contributed by atoms with Crippen LogP contribution < -0.4 is 27.4 Å². The van der Waals surface area contributed by atoms with Crippen molar-refractivity contribution in [1.29, 1.82) is 5.26 Å². The number of carbonyl (C=O) groups excluding carboxylic acids is 11. The second-order valence-corrected chi connectivity index (χ2v) is 33.9. The van der Waals surface area contributed by atoms with Crippen molar-refractivity contribution in [2.45, 2.75) is 191 Å². The molecule has 3 spiro atoms. The standard InChI is InChI=1S/C33H40N4O5.C31H36N4O5.C31H34N4O4/c1-5-7-11-16-36(32(41)42-20-24-12-9-8-10-13-24)27(17-22(3)4)30(39)37-21-33(19-28(37)29(34)38)25-18-23(6-2)14-15-26(25)35-31(33)40;1-20(2)15-25-28(37)35-19-31(17-26(35)27(32)36)23-16-21(12-13-24(23)33-29(31)38)9-7-4-8-14-34(25)30(39)40-18-22-10-5-3-6-11-22;1-21(2)15-27-28(36)35-20-31(17-24(35)18-32)25-16-22(12-13-26(25)33-29(31)37)9-7-4-8-14-34(27)30(38)39-19-23-10-5-3-6-11-23/h5-6,8-10,12-15,18,22,27-28H,1-2,7,11,16-17,19-21H2,3-4H3,(H2,34,38)(H,35,40);3,5-7,9-13,16,20,25-26H,4,8,14-15,17-19H2,1-2H3,(H2,32,36)(H,33,38);3,5-7,9-13,16,21,24,27H,4,8,14-15,17,19-20H2,1-2H3,(H,33,37)/b;2*9-7-/t27-,28-,33-;25-,26-,31-;24-,27-,31-/m000/s1. The highest BCUT2D eigenvalue weighted by Crippen LogP contribution is 2.51. The molecule has 0 saturated carbocycles. The Labute approximate surface area is 707 Å². The van der Waals surface area contributed by atoms with Crippen LogP contribution in [0, 0.1) is 29.1 Å². The van der Waals surface area contributed by atoms with Crippen LogP contribution in [0.1, 0.15) is 169 Å². The second kappa shape index (κ2) is 38.6. The summed E-state index contributed by atoms with van der Waals surface area (Å²) in [6.07, 6.45) is 15.1. The van der Waals surface area contributed by atoms with Gasteiger partial charge in [-0.25, -0.2) is 14.4 Å². The third kappa shape index (κ3) is 19.3.